The predicted molar refractivity (Wildman–Crippen MR) is 140 cm³/mol. The molecule has 33 heavy (non-hydrogen) atoms. The molecule has 4 rings (SSSR count). The van der Waals surface area contributed by atoms with Crippen LogP contribution in [-0.4, -0.2) is 41.9 Å². The Morgan fingerprint density at radius 2 is 2.12 bits per heavy atom. The number of pyridine rings is 1. The second kappa shape index (κ2) is 10.7. The van der Waals surface area contributed by atoms with Crippen LogP contribution in [-0.2, 0) is 13.5 Å². The van der Waals surface area contributed by atoms with Gasteiger partial charge in [0.05, 0.1) is 6.04 Å². The first-order chi connectivity index (χ1) is 15.4. The standard InChI is InChI=1S/C21H19FN5O.C2H5.CH3.H2S.Sb/c1-13-20(25-18-5-3-2-4-17(18)22)26-19-9-6-14(12-27(19)21(13)28)15(10-23)11-24-16-7-8-16;1-2;;;/h3-6,9-12,16,25H,7-8,23H2,1H3;1H2,2H3;1H3;1H2;/q;;;;+1/p-1/b15-10+,24-11?;;;;. The van der Waals surface area contributed by atoms with E-state index in [0.717, 1.165) is 31.9 Å². The first-order valence-corrected chi connectivity index (χ1v) is 16.3. The van der Waals surface area contributed by atoms with Crippen molar-refractivity contribution in [3.8, 4) is 0 Å². The SMILES string of the molecule is C[CH2][Sb+]([CH3])[c]1ccc(Nc2nc3ccc(/C(C=NC4CC4)=C/N)cn3c(=O)c2C)c(F)c1.[SH-]. The van der Waals surface area contributed by atoms with Gasteiger partial charge in [0.2, 0.25) is 0 Å². The smallest absolute Gasteiger partial charge is 0.813 e. The summed E-state index contributed by atoms with van der Waals surface area (Å²) in [6.07, 6.45) is 7.17. The fourth-order valence-electron chi connectivity index (χ4n) is 3.30. The molecule has 0 aliphatic heterocycles. The van der Waals surface area contributed by atoms with Crippen LogP contribution in [0.2, 0.25) is 9.24 Å². The van der Waals surface area contributed by atoms with Gasteiger partial charge in [0.1, 0.15) is 0 Å². The van der Waals surface area contributed by atoms with Gasteiger partial charge in [-0.2, -0.15) is 0 Å². The monoisotopic (exact) mass is 574 g/mol. The molecule has 6 nitrogen and oxygen atoms in total. The number of hydrogen-bond acceptors (Lipinski definition) is 6. The van der Waals surface area contributed by atoms with Crippen molar-refractivity contribution in [3.05, 3.63) is 70.0 Å². The maximum atomic E-state index is 14.7. The van der Waals surface area contributed by atoms with Gasteiger partial charge in [-0.15, -0.1) is 0 Å². The van der Waals surface area contributed by atoms with Crippen molar-refractivity contribution in [1.82, 2.24) is 9.38 Å². The Kier molecular flexibility index (Phi) is 8.24. The van der Waals surface area contributed by atoms with Crippen molar-refractivity contribution >= 4 is 66.2 Å². The summed E-state index contributed by atoms with van der Waals surface area (Å²) < 4.78 is 18.5. The van der Waals surface area contributed by atoms with Gasteiger partial charge in [-0.05, 0) is 12.8 Å². The number of nitrogens with one attached hydrogen (secondary N) is 1. The zero-order valence-electron chi connectivity index (χ0n) is 18.9. The van der Waals surface area contributed by atoms with Crippen LogP contribution in [0.25, 0.3) is 11.2 Å². The summed E-state index contributed by atoms with van der Waals surface area (Å²) in [6, 6.07) is 9.33. The second-order valence-electron chi connectivity index (χ2n) is 7.97. The topological polar surface area (TPSA) is 84.8 Å². The third-order valence-electron chi connectivity index (χ3n) is 5.65. The van der Waals surface area contributed by atoms with E-state index in [1.807, 2.05) is 12.1 Å². The van der Waals surface area contributed by atoms with Crippen molar-refractivity contribution in [2.75, 3.05) is 5.32 Å². The van der Waals surface area contributed by atoms with Crippen LogP contribution in [0.4, 0.5) is 15.9 Å². The third kappa shape index (κ3) is 5.61. The molecule has 0 unspecified atom stereocenters. The Balaban J connectivity index is 0.00000306. The van der Waals surface area contributed by atoms with Crippen molar-refractivity contribution in [2.24, 2.45) is 10.7 Å². The van der Waals surface area contributed by atoms with Gasteiger partial charge in [-0.3, -0.25) is 4.99 Å². The minimum Gasteiger partial charge on any atom is -0.813 e. The van der Waals surface area contributed by atoms with E-state index in [1.54, 1.807) is 37.5 Å². The molecule has 0 saturated heterocycles. The van der Waals surface area contributed by atoms with E-state index in [4.69, 9.17) is 5.73 Å². The predicted octanol–water partition coefficient (Wildman–Crippen LogP) is 3.50. The minimum atomic E-state index is -1.55. The molecule has 2 aromatic heterocycles. The number of nitrogens with zero attached hydrogens (tertiary/aromatic N) is 3. The number of anilines is 2. The summed E-state index contributed by atoms with van der Waals surface area (Å²) in [5.74, 6) is 0.0284. The normalized spacial score (nSPS) is 14.2. The molecule has 1 saturated carbocycles. The molecule has 9 heteroatoms. The number of aromatic nitrogens is 2. The maximum absolute atomic E-state index is 14.7. The molecule has 1 fully saturated rings. The Morgan fingerprint density at radius 3 is 2.76 bits per heavy atom. The average Bonchev–Trinajstić information content (AvgIpc) is 3.63. The number of nitrogens with two attached hydrogens (primary N) is 1. The van der Waals surface area contributed by atoms with Gasteiger partial charge in [-0.25, -0.2) is 0 Å². The summed E-state index contributed by atoms with van der Waals surface area (Å²) in [5.41, 5.74) is 8.29. The second-order valence-corrected chi connectivity index (χ2v) is 15.2. The van der Waals surface area contributed by atoms with Gasteiger partial charge >= 0.3 is 152 Å². The van der Waals surface area contributed by atoms with Crippen molar-refractivity contribution in [1.29, 1.82) is 0 Å². The zero-order chi connectivity index (χ0) is 22.8. The quantitative estimate of drug-likeness (QED) is 0.195. The van der Waals surface area contributed by atoms with Gasteiger partial charge in [0.15, 0.2) is 0 Å². The molecular weight excluding hydrogens is 547 g/mol. The van der Waals surface area contributed by atoms with Gasteiger partial charge in [-0.1, -0.05) is 0 Å². The van der Waals surface area contributed by atoms with Crippen LogP contribution in [0.15, 0.2) is 52.5 Å². The summed E-state index contributed by atoms with van der Waals surface area (Å²) in [4.78, 5) is 24.4. The van der Waals surface area contributed by atoms with Crippen LogP contribution in [0, 0.1) is 12.7 Å². The average molecular weight is 575 g/mol. The van der Waals surface area contributed by atoms with E-state index >= 15 is 0 Å². The van der Waals surface area contributed by atoms with E-state index in [-0.39, 0.29) is 24.9 Å². The minimum absolute atomic E-state index is 0. The van der Waals surface area contributed by atoms with Crippen LogP contribution in [0.3, 0.4) is 0 Å². The number of fused-ring (bicyclic) bond motifs is 1. The van der Waals surface area contributed by atoms with Crippen molar-refractivity contribution in [3.63, 3.8) is 0 Å². The molecule has 0 amide bonds. The summed E-state index contributed by atoms with van der Waals surface area (Å²) in [5, 5.41) is 3.01. The third-order valence-corrected chi connectivity index (χ3v) is 11.7. The van der Waals surface area contributed by atoms with Crippen LogP contribution >= 0.6 is 0 Å². The number of halogens is 1. The molecule has 3 aromatic rings. The summed E-state index contributed by atoms with van der Waals surface area (Å²) >= 11 is -1.55. The van der Waals surface area contributed by atoms with Gasteiger partial charge in [0.25, 0.3) is 0 Å². The molecular formula is C24H28FN5OSSb. The van der Waals surface area contributed by atoms with Crippen molar-refractivity contribution in [2.45, 2.75) is 42.0 Å². The van der Waals surface area contributed by atoms with E-state index < -0.39 is 20.2 Å². The van der Waals surface area contributed by atoms with Crippen molar-refractivity contribution < 1.29 is 4.39 Å². The molecule has 3 N–H and O–H groups in total. The molecule has 0 atom stereocenters. The molecule has 173 valence electrons. The van der Waals surface area contributed by atoms with Gasteiger partial charge < -0.3 is 19.2 Å². The van der Waals surface area contributed by atoms with E-state index in [0.29, 0.717) is 28.8 Å². The first-order valence-electron chi connectivity index (χ1n) is 10.7. The van der Waals surface area contributed by atoms with Crippen LogP contribution < -0.4 is 20.1 Å². The Hall–Kier alpha value is -2.31. The summed E-state index contributed by atoms with van der Waals surface area (Å²) in [7, 11) is 0. The maximum Gasteiger partial charge on any atom is -0.813 e. The Bertz CT molecular complexity index is 1290. The largest absolute Gasteiger partial charge is 0.813 e. The fourth-order valence-corrected chi connectivity index (χ4v) is 6.23. The van der Waals surface area contributed by atoms with E-state index in [2.05, 4.69) is 27.1 Å². The number of thiol groups is 1. The number of rotatable bonds is 7. The molecule has 1 aromatic carbocycles. The van der Waals surface area contributed by atoms with Gasteiger partial charge in [0, 0.05) is 12.4 Å². The molecule has 0 bridgehead atoms. The number of hydrogen-bond donors (Lipinski definition) is 2. The fraction of sp³-hybridized carbons (Fsp3) is 0.292. The molecule has 2 heterocycles. The first kappa shape index (κ1) is 25.3. The zero-order valence-corrected chi connectivity index (χ0v) is 22.4. The number of allylic oxidation sites excluding steroid dienone is 1. The Morgan fingerprint density at radius 1 is 1.36 bits per heavy atom. The Labute approximate surface area is 207 Å². The van der Waals surface area contributed by atoms with Crippen LogP contribution in [0.1, 0.15) is 30.9 Å². The molecule has 0 spiro atoms. The van der Waals surface area contributed by atoms with E-state index in [1.165, 1.54) is 10.6 Å². The van der Waals surface area contributed by atoms with Crippen LogP contribution in [0.5, 0.6) is 0 Å². The number of aliphatic imine (C=N–C) groups is 1. The van der Waals surface area contributed by atoms with E-state index in [9.17, 15) is 9.18 Å². The number of benzene rings is 1. The molecule has 1 aliphatic rings. The molecule has 1 radical (unpaired) electrons. The summed E-state index contributed by atoms with van der Waals surface area (Å²) in [6.45, 7) is 3.84. The molecule has 1 aliphatic carbocycles.